The molecule has 0 heterocycles. The van der Waals surface area contributed by atoms with Gasteiger partial charge in [0, 0.05) is 18.2 Å². The summed E-state index contributed by atoms with van der Waals surface area (Å²) >= 11 is 6.36. The van der Waals surface area contributed by atoms with Crippen LogP contribution in [0.5, 0.6) is 0 Å². The van der Waals surface area contributed by atoms with Crippen LogP contribution in [0.4, 0.5) is 0 Å². The number of rotatable bonds is 5. The zero-order valence-electron chi connectivity index (χ0n) is 14.9. The maximum atomic E-state index is 11.5. The number of carbonyl (C=O) groups is 1. The smallest absolute Gasteiger partial charge is 0.250 e. The molecule has 0 unspecified atom stereocenters. The quantitative estimate of drug-likeness (QED) is 0.695. The van der Waals surface area contributed by atoms with E-state index in [1.807, 2.05) is 18.2 Å². The van der Waals surface area contributed by atoms with E-state index in [1.54, 1.807) is 12.1 Å². The largest absolute Gasteiger partial charge is 0.366 e. The molecule has 1 aliphatic rings. The standard InChI is InChI=1S/C23H21ClN2O/c24-22-20(6-3-7-21(22)23(25)27)16-10-8-15(9-11-16)14-26-19-12-17-4-1-2-5-18(17)13-19/h1-11,19,26H,12-14H2,(H2,25,27). The highest BCUT2D eigenvalue weighted by Gasteiger charge is 2.20. The third kappa shape index (κ3) is 3.75. The summed E-state index contributed by atoms with van der Waals surface area (Å²) in [7, 11) is 0. The Balaban J connectivity index is 1.43. The summed E-state index contributed by atoms with van der Waals surface area (Å²) in [5.41, 5.74) is 11.6. The second-order valence-electron chi connectivity index (χ2n) is 6.98. The summed E-state index contributed by atoms with van der Waals surface area (Å²) in [6, 6.07) is 22.7. The van der Waals surface area contributed by atoms with Crippen LogP contribution in [0.2, 0.25) is 5.02 Å². The van der Waals surface area contributed by atoms with E-state index in [2.05, 4.69) is 41.7 Å². The van der Waals surface area contributed by atoms with E-state index >= 15 is 0 Å². The van der Waals surface area contributed by atoms with Crippen LogP contribution in [0.25, 0.3) is 11.1 Å². The molecule has 4 heteroatoms. The lowest BCUT2D eigenvalue weighted by atomic mass is 10.0. The lowest BCUT2D eigenvalue weighted by molar-refractivity contribution is 0.100. The minimum atomic E-state index is -0.514. The topological polar surface area (TPSA) is 55.1 Å². The number of nitrogens with one attached hydrogen (secondary N) is 1. The zero-order chi connectivity index (χ0) is 18.8. The van der Waals surface area contributed by atoms with Crippen LogP contribution in [0.15, 0.2) is 66.7 Å². The molecule has 3 nitrogen and oxygen atoms in total. The molecule has 3 N–H and O–H groups in total. The van der Waals surface area contributed by atoms with E-state index in [1.165, 1.54) is 16.7 Å². The number of primary amides is 1. The first-order chi connectivity index (χ1) is 13.1. The molecule has 0 aromatic heterocycles. The molecular weight excluding hydrogens is 356 g/mol. The first-order valence-electron chi connectivity index (χ1n) is 9.09. The first-order valence-corrected chi connectivity index (χ1v) is 9.47. The van der Waals surface area contributed by atoms with E-state index in [-0.39, 0.29) is 0 Å². The Kier molecular flexibility index (Phi) is 4.97. The first kappa shape index (κ1) is 17.8. The van der Waals surface area contributed by atoms with Crippen molar-refractivity contribution in [2.75, 3.05) is 0 Å². The highest BCUT2D eigenvalue weighted by atomic mass is 35.5. The summed E-state index contributed by atoms with van der Waals surface area (Å²) in [6.07, 6.45) is 2.17. The van der Waals surface area contributed by atoms with Crippen molar-refractivity contribution in [3.63, 3.8) is 0 Å². The van der Waals surface area contributed by atoms with Gasteiger partial charge in [0.25, 0.3) is 0 Å². The van der Waals surface area contributed by atoms with Crippen LogP contribution in [-0.4, -0.2) is 11.9 Å². The number of hydrogen-bond acceptors (Lipinski definition) is 2. The lowest BCUT2D eigenvalue weighted by Crippen LogP contribution is -2.28. The molecule has 0 saturated carbocycles. The molecule has 0 fully saturated rings. The van der Waals surface area contributed by atoms with E-state index in [4.69, 9.17) is 17.3 Å². The van der Waals surface area contributed by atoms with Gasteiger partial charge in [-0.15, -0.1) is 0 Å². The summed E-state index contributed by atoms with van der Waals surface area (Å²) in [6.45, 7) is 0.827. The molecule has 0 radical (unpaired) electrons. The Labute approximate surface area is 164 Å². The fourth-order valence-corrected chi connectivity index (χ4v) is 4.04. The Morgan fingerprint density at radius 1 is 0.963 bits per heavy atom. The summed E-state index contributed by atoms with van der Waals surface area (Å²) < 4.78 is 0. The average Bonchev–Trinajstić information content (AvgIpc) is 3.10. The van der Waals surface area contributed by atoms with E-state index < -0.39 is 5.91 Å². The number of amides is 1. The van der Waals surface area contributed by atoms with E-state index in [0.29, 0.717) is 16.6 Å². The van der Waals surface area contributed by atoms with Gasteiger partial charge in [-0.1, -0.05) is 72.3 Å². The minimum Gasteiger partial charge on any atom is -0.366 e. The summed E-state index contributed by atoms with van der Waals surface area (Å²) in [4.78, 5) is 11.5. The Morgan fingerprint density at radius 2 is 1.63 bits per heavy atom. The average molecular weight is 377 g/mol. The molecule has 0 aliphatic heterocycles. The van der Waals surface area contributed by atoms with Crippen LogP contribution >= 0.6 is 11.6 Å². The second-order valence-corrected chi connectivity index (χ2v) is 7.36. The van der Waals surface area contributed by atoms with Crippen LogP contribution in [0.1, 0.15) is 27.0 Å². The van der Waals surface area contributed by atoms with Crippen molar-refractivity contribution in [1.82, 2.24) is 5.32 Å². The monoisotopic (exact) mass is 376 g/mol. The van der Waals surface area contributed by atoms with Gasteiger partial charge >= 0.3 is 0 Å². The van der Waals surface area contributed by atoms with Gasteiger partial charge in [-0.25, -0.2) is 0 Å². The SMILES string of the molecule is NC(=O)c1cccc(-c2ccc(CNC3Cc4ccccc4C3)cc2)c1Cl. The van der Waals surface area contributed by atoms with E-state index in [9.17, 15) is 4.79 Å². The fourth-order valence-electron chi connectivity index (χ4n) is 3.71. The fraction of sp³-hybridized carbons (Fsp3) is 0.174. The van der Waals surface area contributed by atoms with Crippen LogP contribution < -0.4 is 11.1 Å². The van der Waals surface area contributed by atoms with Gasteiger partial charge in [0.05, 0.1) is 10.6 Å². The number of carbonyl (C=O) groups excluding carboxylic acids is 1. The van der Waals surface area contributed by atoms with Crippen LogP contribution in [0, 0.1) is 0 Å². The lowest BCUT2D eigenvalue weighted by Gasteiger charge is -2.13. The summed E-state index contributed by atoms with van der Waals surface area (Å²) in [5.74, 6) is -0.514. The molecule has 4 rings (SSSR count). The van der Waals surface area contributed by atoms with Crippen molar-refractivity contribution in [2.45, 2.75) is 25.4 Å². The van der Waals surface area contributed by atoms with Crippen LogP contribution in [0.3, 0.4) is 0 Å². The highest BCUT2D eigenvalue weighted by Crippen LogP contribution is 2.31. The van der Waals surface area contributed by atoms with Crippen molar-refractivity contribution < 1.29 is 4.79 Å². The maximum Gasteiger partial charge on any atom is 0.250 e. The molecule has 0 atom stereocenters. The van der Waals surface area contributed by atoms with Gasteiger partial charge in [0.15, 0.2) is 0 Å². The second kappa shape index (κ2) is 7.55. The molecule has 27 heavy (non-hydrogen) atoms. The van der Waals surface area contributed by atoms with Crippen molar-refractivity contribution in [2.24, 2.45) is 5.73 Å². The van der Waals surface area contributed by atoms with Crippen molar-refractivity contribution in [1.29, 1.82) is 0 Å². The van der Waals surface area contributed by atoms with Crippen molar-refractivity contribution >= 4 is 17.5 Å². The molecular formula is C23H21ClN2O. The van der Waals surface area contributed by atoms with Gasteiger partial charge in [-0.2, -0.15) is 0 Å². The zero-order valence-corrected chi connectivity index (χ0v) is 15.7. The van der Waals surface area contributed by atoms with Crippen LogP contribution in [-0.2, 0) is 19.4 Å². The van der Waals surface area contributed by atoms with Crippen molar-refractivity contribution in [3.05, 3.63) is 94.0 Å². The number of fused-ring (bicyclic) bond motifs is 1. The van der Waals surface area contributed by atoms with Gasteiger partial charge in [-0.3, -0.25) is 4.79 Å². The van der Waals surface area contributed by atoms with Gasteiger partial charge < -0.3 is 11.1 Å². The van der Waals surface area contributed by atoms with Gasteiger partial charge in [0.1, 0.15) is 0 Å². The molecule has 3 aromatic rings. The molecule has 1 aliphatic carbocycles. The molecule has 0 spiro atoms. The number of hydrogen-bond donors (Lipinski definition) is 2. The number of nitrogens with two attached hydrogens (primary N) is 1. The summed E-state index contributed by atoms with van der Waals surface area (Å²) in [5, 5.41) is 4.05. The maximum absolute atomic E-state index is 11.5. The highest BCUT2D eigenvalue weighted by molar-refractivity contribution is 6.36. The Morgan fingerprint density at radius 3 is 2.26 bits per heavy atom. The van der Waals surface area contributed by atoms with Crippen molar-refractivity contribution in [3.8, 4) is 11.1 Å². The normalized spacial score (nSPS) is 13.5. The number of benzene rings is 3. The predicted molar refractivity (Wildman–Crippen MR) is 110 cm³/mol. The third-order valence-electron chi connectivity index (χ3n) is 5.17. The van der Waals surface area contributed by atoms with E-state index in [0.717, 1.165) is 30.5 Å². The molecule has 3 aromatic carbocycles. The minimum absolute atomic E-state index is 0.348. The third-order valence-corrected chi connectivity index (χ3v) is 5.58. The molecule has 136 valence electrons. The predicted octanol–water partition coefficient (Wildman–Crippen LogP) is 4.36. The van der Waals surface area contributed by atoms with Gasteiger partial charge in [0.2, 0.25) is 5.91 Å². The number of halogens is 1. The Hall–Kier alpha value is -2.62. The molecule has 0 saturated heterocycles. The molecule has 1 amide bonds. The molecule has 0 bridgehead atoms. The van der Waals surface area contributed by atoms with Gasteiger partial charge in [-0.05, 0) is 41.2 Å². The Bertz CT molecular complexity index is 957.